The van der Waals surface area contributed by atoms with Crippen LogP contribution < -0.4 is 0 Å². The largest absolute Gasteiger partial charge is 0.269 e. The number of hydrogen-bond donors (Lipinski definition) is 0. The Labute approximate surface area is 38.8 Å². The Kier molecular flexibility index (Phi) is 2.48. The van der Waals surface area contributed by atoms with Gasteiger partial charge >= 0.3 is 0 Å². The smallest absolute Gasteiger partial charge is 0.0840 e. The van der Waals surface area contributed by atoms with Crippen molar-refractivity contribution in [2.24, 2.45) is 0 Å². The molecule has 0 aromatic rings. The van der Waals surface area contributed by atoms with Crippen molar-refractivity contribution in [3.8, 4) is 6.57 Å². The van der Waals surface area contributed by atoms with Crippen LogP contribution in [0.5, 0.6) is 0 Å². The average Bonchev–Trinajstić information content (AvgIpc) is 1.65. The molecule has 6 heavy (non-hydrogen) atoms. The Morgan fingerprint density at radius 1 is 1.83 bits per heavy atom. The maximum Gasteiger partial charge on any atom is 0.269 e. The van der Waals surface area contributed by atoms with E-state index < -0.39 is 0 Å². The molecule has 0 N–H and O–H groups in total. The highest BCUT2D eigenvalue weighted by Gasteiger charge is 1.99. The van der Waals surface area contributed by atoms with E-state index in [1.54, 1.807) is 0 Å². The summed E-state index contributed by atoms with van der Waals surface area (Å²) in [4.78, 5) is 3.51. The van der Waals surface area contributed by atoms with Gasteiger partial charge in [0.05, 0.1) is 0 Å². The predicted molar refractivity (Wildman–Crippen MR) is 28.1 cm³/mol. The lowest BCUT2D eigenvalue weighted by molar-refractivity contribution is 0.816. The molecule has 0 aromatic carbocycles. The number of nitrogens with zero attached hydrogens (tertiary/aromatic N) is 1. The van der Waals surface area contributed by atoms with E-state index in [4.69, 9.17) is 6.57 Å². The molecule has 0 spiro atoms. The van der Waals surface area contributed by atoms with Crippen LogP contribution in [0.25, 0.3) is 4.85 Å². The minimum Gasteiger partial charge on any atom is -0.0840 e. The Morgan fingerprint density at radius 3 is 2.33 bits per heavy atom. The van der Waals surface area contributed by atoms with E-state index in [0.717, 1.165) is 6.42 Å². The van der Waals surface area contributed by atoms with Crippen molar-refractivity contribution in [2.75, 3.05) is 0 Å². The summed E-state index contributed by atoms with van der Waals surface area (Å²) in [6.45, 7) is 8.95. The van der Waals surface area contributed by atoms with Crippen molar-refractivity contribution in [3.63, 3.8) is 0 Å². The van der Waals surface area contributed by atoms with Gasteiger partial charge in [-0.2, -0.15) is 0 Å². The molecule has 1 heteroatoms. The van der Waals surface area contributed by atoms with E-state index in [1.165, 1.54) is 0 Å². The van der Waals surface area contributed by atoms with Crippen LogP contribution in [0.15, 0.2) is 0 Å². The number of hydrogen-bond acceptors (Lipinski definition) is 0. The fourth-order valence-corrected chi connectivity index (χ4v) is 0.105. The first-order chi connectivity index (χ1) is 2.81. The molecular weight excluding hydrogens is 74.1 g/mol. The molecule has 0 radical (unpaired) electrons. The van der Waals surface area contributed by atoms with Crippen LogP contribution in [0.3, 0.4) is 0 Å². The van der Waals surface area contributed by atoms with Crippen molar-refractivity contribution in [2.45, 2.75) is 26.3 Å². The molecule has 0 saturated carbocycles. The van der Waals surface area contributed by atoms with E-state index in [1.807, 2.05) is 6.92 Å². The molecule has 1 atom stereocenters. The van der Waals surface area contributed by atoms with Gasteiger partial charge < -0.3 is 0 Å². The summed E-state index contributed by atoms with van der Waals surface area (Å²) in [7, 11) is 0. The van der Waals surface area contributed by atoms with Crippen molar-refractivity contribution in [3.05, 3.63) is 4.85 Å². The molecule has 1 nitrogen and oxygen atoms in total. The van der Waals surface area contributed by atoms with Gasteiger partial charge in [0.1, 0.15) is 0 Å². The fraction of sp³-hybridized carbons (Fsp3) is 0.800. The highest BCUT2D eigenvalue weighted by molar-refractivity contribution is 4.74. The quantitative estimate of drug-likeness (QED) is 0.456. The molecule has 0 aromatic heterocycles. The van der Waals surface area contributed by atoms with Gasteiger partial charge in [0, 0.05) is 13.3 Å². The molecule has 0 aliphatic heterocycles. The third kappa shape index (κ3) is 1.78. The summed E-state index contributed by atoms with van der Waals surface area (Å²) in [6, 6.07) is 0.338. The molecule has 0 heterocycles. The summed E-state index contributed by atoms with van der Waals surface area (Å²) in [6.07, 6.45) is 1.04. The molecule has 1 unspecified atom stereocenters. The first-order valence-electron chi connectivity index (χ1n) is 2.21. The van der Waals surface area contributed by atoms with Crippen LogP contribution >= 0.6 is 0 Å². The topological polar surface area (TPSA) is 4.36 Å². The number of rotatable bonds is 1. The molecule has 0 bridgehead atoms. The second-order valence-electron chi connectivity index (χ2n) is 1.41. The van der Waals surface area contributed by atoms with E-state index in [-0.39, 0.29) is 0 Å². The standard InChI is InChI=1S/C5H10N/c1-4-5(2)6-3/h3,5H,4H2,1-2H3/q+1. The monoisotopic (exact) mass is 84.1 g/mol. The van der Waals surface area contributed by atoms with Crippen molar-refractivity contribution in [1.29, 1.82) is 0 Å². The SMILES string of the molecule is C#[N+]C(C)CC. The molecule has 34 valence electrons. The van der Waals surface area contributed by atoms with Crippen molar-refractivity contribution < 1.29 is 0 Å². The lowest BCUT2D eigenvalue weighted by atomic mass is 10.3. The minimum atomic E-state index is 0.338. The summed E-state index contributed by atoms with van der Waals surface area (Å²) in [5.74, 6) is 0. The van der Waals surface area contributed by atoms with E-state index >= 15 is 0 Å². The summed E-state index contributed by atoms with van der Waals surface area (Å²) in [5, 5.41) is 0. The zero-order valence-corrected chi connectivity index (χ0v) is 4.31. The zero-order chi connectivity index (χ0) is 4.99. The molecule has 0 rings (SSSR count). The van der Waals surface area contributed by atoms with Gasteiger partial charge in [0.2, 0.25) is 0 Å². The van der Waals surface area contributed by atoms with Crippen molar-refractivity contribution >= 4 is 0 Å². The predicted octanol–water partition coefficient (Wildman–Crippen LogP) is 1.75. The highest BCUT2D eigenvalue weighted by atomic mass is 14.7. The van der Waals surface area contributed by atoms with Crippen LogP contribution in [-0.2, 0) is 0 Å². The van der Waals surface area contributed by atoms with Gasteiger partial charge in [-0.05, 0) is 0 Å². The van der Waals surface area contributed by atoms with Gasteiger partial charge in [-0.1, -0.05) is 11.8 Å². The summed E-state index contributed by atoms with van der Waals surface area (Å²) in [5.41, 5.74) is 0. The van der Waals surface area contributed by atoms with Crippen LogP contribution in [-0.4, -0.2) is 6.04 Å². The molecular formula is C5H10N+. The molecule has 0 aliphatic rings. The maximum atomic E-state index is 4.91. The van der Waals surface area contributed by atoms with E-state index in [9.17, 15) is 0 Å². The average molecular weight is 84.1 g/mol. The maximum absolute atomic E-state index is 4.91. The molecule has 0 amide bonds. The Balaban J connectivity index is 3.04. The van der Waals surface area contributed by atoms with Gasteiger partial charge in [-0.25, -0.2) is 0 Å². The Morgan fingerprint density at radius 2 is 2.33 bits per heavy atom. The summed E-state index contributed by atoms with van der Waals surface area (Å²) >= 11 is 0. The minimum absolute atomic E-state index is 0.338. The lowest BCUT2D eigenvalue weighted by Gasteiger charge is -1.77. The second-order valence-corrected chi connectivity index (χ2v) is 1.41. The van der Waals surface area contributed by atoms with Gasteiger partial charge in [-0.3, -0.25) is 0 Å². The summed E-state index contributed by atoms with van der Waals surface area (Å²) < 4.78 is 0. The van der Waals surface area contributed by atoms with E-state index in [0.29, 0.717) is 6.04 Å². The molecule has 0 saturated heterocycles. The van der Waals surface area contributed by atoms with Gasteiger partial charge in [-0.15, -0.1) is 0 Å². The lowest BCUT2D eigenvalue weighted by Crippen LogP contribution is -1.87. The normalized spacial score (nSPS) is 12.8. The van der Waals surface area contributed by atoms with Crippen LogP contribution in [0, 0.1) is 6.57 Å². The zero-order valence-electron chi connectivity index (χ0n) is 4.31. The fourth-order valence-electron chi connectivity index (χ4n) is 0.105. The molecule has 0 fully saturated rings. The first-order valence-corrected chi connectivity index (χ1v) is 2.21. The third-order valence-corrected chi connectivity index (χ3v) is 0.845. The van der Waals surface area contributed by atoms with Gasteiger partial charge in [0.15, 0.2) is 0 Å². The van der Waals surface area contributed by atoms with E-state index in [2.05, 4.69) is 11.8 Å². The Hall–Kier alpha value is -0.510. The molecule has 0 aliphatic carbocycles. The van der Waals surface area contributed by atoms with Crippen LogP contribution in [0.1, 0.15) is 20.3 Å². The second kappa shape index (κ2) is 2.71. The van der Waals surface area contributed by atoms with Crippen LogP contribution in [0.2, 0.25) is 0 Å². The van der Waals surface area contributed by atoms with Crippen LogP contribution in [0.4, 0.5) is 0 Å². The van der Waals surface area contributed by atoms with Crippen molar-refractivity contribution in [1.82, 2.24) is 0 Å². The first kappa shape index (κ1) is 5.49. The van der Waals surface area contributed by atoms with Gasteiger partial charge in [0.25, 0.3) is 12.6 Å². The highest BCUT2D eigenvalue weighted by Crippen LogP contribution is 1.90. The Bertz CT molecular complexity index is 60.8. The third-order valence-electron chi connectivity index (χ3n) is 0.845.